The maximum absolute atomic E-state index is 11.9. The summed E-state index contributed by atoms with van der Waals surface area (Å²) in [7, 11) is 0. The van der Waals surface area contributed by atoms with Gasteiger partial charge in [0.05, 0.1) is 6.07 Å². The third-order valence-electron chi connectivity index (χ3n) is 3.16. The Kier molecular flexibility index (Phi) is 3.62. The van der Waals surface area contributed by atoms with Crippen molar-refractivity contribution in [2.75, 3.05) is 19.6 Å². The van der Waals surface area contributed by atoms with Crippen molar-refractivity contribution in [2.24, 2.45) is 11.8 Å². The van der Waals surface area contributed by atoms with E-state index in [9.17, 15) is 9.59 Å². The van der Waals surface area contributed by atoms with Gasteiger partial charge in [0.25, 0.3) is 0 Å². The van der Waals surface area contributed by atoms with Gasteiger partial charge in [-0.15, -0.1) is 0 Å². The van der Waals surface area contributed by atoms with E-state index in [2.05, 4.69) is 5.32 Å². The molecule has 0 aromatic carbocycles. The molecule has 2 aliphatic rings. The highest BCUT2D eigenvalue weighted by atomic mass is 16.2. The number of hydrogen-bond donors (Lipinski definition) is 1. The molecule has 5 nitrogen and oxygen atoms in total. The van der Waals surface area contributed by atoms with Crippen LogP contribution in [0.15, 0.2) is 0 Å². The zero-order valence-electron chi connectivity index (χ0n) is 9.82. The Morgan fingerprint density at radius 3 is 2.12 bits per heavy atom. The summed E-state index contributed by atoms with van der Waals surface area (Å²) in [6.45, 7) is 1.30. The van der Waals surface area contributed by atoms with E-state index in [1.165, 1.54) is 0 Å². The highest BCUT2D eigenvalue weighted by Crippen LogP contribution is 2.33. The molecule has 2 aliphatic carbocycles. The minimum Gasteiger partial charge on any atom is -0.335 e. The van der Waals surface area contributed by atoms with E-state index in [4.69, 9.17) is 5.26 Å². The van der Waals surface area contributed by atoms with Gasteiger partial charge in [0.2, 0.25) is 0 Å². The Labute approximate surface area is 101 Å². The van der Waals surface area contributed by atoms with Crippen molar-refractivity contribution in [3.63, 3.8) is 0 Å². The number of amides is 2. The summed E-state index contributed by atoms with van der Waals surface area (Å²) in [6, 6.07) is 1.80. The summed E-state index contributed by atoms with van der Waals surface area (Å²) in [5.41, 5.74) is 0. The largest absolute Gasteiger partial charge is 0.335 e. The molecular formula is C12H17N3O2. The summed E-state index contributed by atoms with van der Waals surface area (Å²) in [5.74, 6) is 0.0508. The van der Waals surface area contributed by atoms with Crippen molar-refractivity contribution >= 4 is 11.8 Å². The number of nitrogens with one attached hydrogen (secondary N) is 1. The molecule has 0 aromatic rings. The standard InChI is InChI=1S/C12H17N3O2/c13-5-6-14-11(16)12(17)15(7-9-1-2-9)8-10-3-4-10/h9-10H,1-4,6-8H2,(H,14,16). The Morgan fingerprint density at radius 1 is 1.18 bits per heavy atom. The highest BCUT2D eigenvalue weighted by Gasteiger charge is 2.33. The van der Waals surface area contributed by atoms with Gasteiger partial charge in [-0.05, 0) is 37.5 Å². The van der Waals surface area contributed by atoms with Gasteiger partial charge in [-0.25, -0.2) is 0 Å². The van der Waals surface area contributed by atoms with Crippen molar-refractivity contribution < 1.29 is 9.59 Å². The molecule has 0 atom stereocenters. The van der Waals surface area contributed by atoms with E-state index in [1.54, 1.807) is 11.0 Å². The number of nitriles is 1. The molecule has 0 spiro atoms. The van der Waals surface area contributed by atoms with Gasteiger partial charge in [0.1, 0.15) is 6.54 Å². The average molecular weight is 235 g/mol. The van der Waals surface area contributed by atoms with Crippen LogP contribution in [0, 0.1) is 23.2 Å². The molecule has 5 heteroatoms. The number of rotatable bonds is 5. The van der Waals surface area contributed by atoms with Crippen LogP contribution in [0.3, 0.4) is 0 Å². The summed E-state index contributed by atoms with van der Waals surface area (Å²) in [5, 5.41) is 10.7. The van der Waals surface area contributed by atoms with Crippen LogP contribution in [-0.2, 0) is 9.59 Å². The van der Waals surface area contributed by atoms with Crippen LogP contribution in [0.5, 0.6) is 0 Å². The predicted octanol–water partition coefficient (Wildman–Crippen LogP) is 0.275. The zero-order chi connectivity index (χ0) is 12.3. The SMILES string of the molecule is N#CCNC(=O)C(=O)N(CC1CC1)CC1CC1. The lowest BCUT2D eigenvalue weighted by Crippen LogP contribution is -2.44. The van der Waals surface area contributed by atoms with Crippen LogP contribution in [0.1, 0.15) is 25.7 Å². The first-order chi connectivity index (χ1) is 8.20. The molecular weight excluding hydrogens is 218 g/mol. The molecule has 0 heterocycles. The molecule has 2 fully saturated rings. The highest BCUT2D eigenvalue weighted by molar-refractivity contribution is 6.35. The summed E-state index contributed by atoms with van der Waals surface area (Å²) < 4.78 is 0. The van der Waals surface area contributed by atoms with Crippen molar-refractivity contribution in [2.45, 2.75) is 25.7 Å². The van der Waals surface area contributed by atoms with Gasteiger partial charge in [-0.3, -0.25) is 9.59 Å². The number of hydrogen-bond acceptors (Lipinski definition) is 3. The van der Waals surface area contributed by atoms with Gasteiger partial charge in [0, 0.05) is 13.1 Å². The molecule has 92 valence electrons. The second kappa shape index (κ2) is 5.17. The van der Waals surface area contributed by atoms with E-state index < -0.39 is 11.8 Å². The fourth-order valence-corrected chi connectivity index (χ4v) is 1.80. The molecule has 2 rings (SSSR count). The number of nitrogens with zero attached hydrogens (tertiary/aromatic N) is 2. The summed E-state index contributed by atoms with van der Waals surface area (Å²) >= 11 is 0. The van der Waals surface area contributed by atoms with Crippen LogP contribution >= 0.6 is 0 Å². The Balaban J connectivity index is 1.85. The first kappa shape index (κ1) is 11.9. The van der Waals surface area contributed by atoms with E-state index in [0.29, 0.717) is 24.9 Å². The Bertz CT molecular complexity index is 339. The molecule has 2 saturated carbocycles. The van der Waals surface area contributed by atoms with Gasteiger partial charge in [0.15, 0.2) is 0 Å². The van der Waals surface area contributed by atoms with Crippen LogP contribution in [0.25, 0.3) is 0 Å². The maximum atomic E-state index is 11.9. The molecule has 17 heavy (non-hydrogen) atoms. The summed E-state index contributed by atoms with van der Waals surface area (Å²) in [6.07, 6.45) is 4.64. The second-order valence-corrected chi connectivity index (χ2v) is 4.94. The smallest absolute Gasteiger partial charge is 0.311 e. The lowest BCUT2D eigenvalue weighted by molar-refractivity contribution is -0.146. The van der Waals surface area contributed by atoms with Gasteiger partial charge >= 0.3 is 11.8 Å². The first-order valence-electron chi connectivity index (χ1n) is 6.14. The van der Waals surface area contributed by atoms with E-state index in [0.717, 1.165) is 25.7 Å². The molecule has 0 saturated heterocycles. The minimum atomic E-state index is -0.646. The predicted molar refractivity (Wildman–Crippen MR) is 60.7 cm³/mol. The fraction of sp³-hybridized carbons (Fsp3) is 0.750. The van der Waals surface area contributed by atoms with Crippen LogP contribution < -0.4 is 5.32 Å². The third-order valence-corrected chi connectivity index (χ3v) is 3.16. The fourth-order valence-electron chi connectivity index (χ4n) is 1.80. The third kappa shape index (κ3) is 3.74. The normalized spacial score (nSPS) is 18.3. The topological polar surface area (TPSA) is 73.2 Å². The molecule has 1 N–H and O–H groups in total. The van der Waals surface area contributed by atoms with E-state index in [1.807, 2.05) is 0 Å². The van der Waals surface area contributed by atoms with Gasteiger partial charge in [-0.2, -0.15) is 5.26 Å². The Hall–Kier alpha value is -1.57. The van der Waals surface area contributed by atoms with Crippen LogP contribution in [0.4, 0.5) is 0 Å². The molecule has 0 aliphatic heterocycles. The molecule has 0 bridgehead atoms. The first-order valence-corrected chi connectivity index (χ1v) is 6.14. The molecule has 0 unspecified atom stereocenters. The lowest BCUT2D eigenvalue weighted by atomic mass is 10.3. The molecule has 0 aromatic heterocycles. The zero-order valence-corrected chi connectivity index (χ0v) is 9.82. The summed E-state index contributed by atoms with van der Waals surface area (Å²) in [4.78, 5) is 25.0. The number of carbonyl (C=O) groups is 2. The van der Waals surface area contributed by atoms with Crippen molar-refractivity contribution in [3.05, 3.63) is 0 Å². The second-order valence-electron chi connectivity index (χ2n) is 4.94. The van der Waals surface area contributed by atoms with E-state index in [-0.39, 0.29) is 6.54 Å². The maximum Gasteiger partial charge on any atom is 0.311 e. The lowest BCUT2D eigenvalue weighted by Gasteiger charge is -2.21. The van der Waals surface area contributed by atoms with Crippen LogP contribution in [-0.4, -0.2) is 36.3 Å². The molecule has 2 amide bonds. The van der Waals surface area contributed by atoms with Crippen molar-refractivity contribution in [1.82, 2.24) is 10.2 Å². The van der Waals surface area contributed by atoms with Gasteiger partial charge in [-0.1, -0.05) is 0 Å². The van der Waals surface area contributed by atoms with E-state index >= 15 is 0 Å². The quantitative estimate of drug-likeness (QED) is 0.549. The monoisotopic (exact) mass is 235 g/mol. The molecule has 0 radical (unpaired) electrons. The van der Waals surface area contributed by atoms with Crippen LogP contribution in [0.2, 0.25) is 0 Å². The van der Waals surface area contributed by atoms with Crippen molar-refractivity contribution in [1.29, 1.82) is 5.26 Å². The van der Waals surface area contributed by atoms with Gasteiger partial charge < -0.3 is 10.2 Å². The number of carbonyl (C=O) groups excluding carboxylic acids is 2. The van der Waals surface area contributed by atoms with Crippen molar-refractivity contribution in [3.8, 4) is 6.07 Å². The average Bonchev–Trinajstić information content (AvgIpc) is 3.18. The minimum absolute atomic E-state index is 0.106. The Morgan fingerprint density at radius 2 is 1.71 bits per heavy atom.